The summed E-state index contributed by atoms with van der Waals surface area (Å²) in [6.45, 7) is 9.56. The van der Waals surface area contributed by atoms with Gasteiger partial charge in [0.1, 0.15) is 5.72 Å². The van der Waals surface area contributed by atoms with Crippen LogP contribution in [-0.2, 0) is 16.0 Å². The third-order valence-electron chi connectivity index (χ3n) is 3.57. The Morgan fingerprint density at radius 1 is 1.46 bits per heavy atom. The summed E-state index contributed by atoms with van der Waals surface area (Å²) < 4.78 is 5.21. The van der Waals surface area contributed by atoms with Crippen molar-refractivity contribution in [1.82, 2.24) is 5.32 Å². The molecule has 0 aliphatic carbocycles. The van der Waals surface area contributed by atoms with Crippen LogP contribution in [0.15, 0.2) is 43.0 Å². The van der Waals surface area contributed by atoms with Crippen LogP contribution in [0.2, 0.25) is 0 Å². The smallest absolute Gasteiger partial charge is 0.225 e. The number of aliphatic hydroxyl groups is 1. The molecule has 1 saturated heterocycles. The molecule has 0 aromatic heterocycles. The Morgan fingerprint density at radius 2 is 2.08 bits per heavy atom. The average Bonchev–Trinajstić information content (AvgIpc) is 3.31. The number of epoxide rings is 1. The van der Waals surface area contributed by atoms with Gasteiger partial charge in [0.2, 0.25) is 5.91 Å². The number of benzene rings is 1. The van der Waals surface area contributed by atoms with Gasteiger partial charge in [-0.2, -0.15) is 0 Å². The van der Waals surface area contributed by atoms with Crippen LogP contribution in [0.5, 0.6) is 0 Å². The molecule has 4 heteroatoms. The second kappa shape index (κ2) is 10.3. The summed E-state index contributed by atoms with van der Waals surface area (Å²) in [4.78, 5) is 12.2. The second-order valence-corrected chi connectivity index (χ2v) is 6.70. The van der Waals surface area contributed by atoms with Gasteiger partial charge in [-0.15, -0.1) is 6.58 Å². The zero-order chi connectivity index (χ0) is 18.0. The molecule has 1 aromatic carbocycles. The minimum atomic E-state index is -1.18. The second-order valence-electron chi connectivity index (χ2n) is 6.70. The molecule has 0 saturated carbocycles. The van der Waals surface area contributed by atoms with Gasteiger partial charge in [0.25, 0.3) is 0 Å². The van der Waals surface area contributed by atoms with Gasteiger partial charge in [-0.05, 0) is 38.7 Å². The third-order valence-corrected chi connectivity index (χ3v) is 3.57. The summed E-state index contributed by atoms with van der Waals surface area (Å²) in [5, 5.41) is 12.3. The van der Waals surface area contributed by atoms with Crippen molar-refractivity contribution < 1.29 is 14.6 Å². The van der Waals surface area contributed by atoms with Crippen molar-refractivity contribution in [2.45, 2.75) is 58.3 Å². The highest BCUT2D eigenvalue weighted by atomic mass is 16.6. The van der Waals surface area contributed by atoms with Gasteiger partial charge in [-0.1, -0.05) is 49.8 Å². The highest BCUT2D eigenvalue weighted by Crippen LogP contribution is 2.23. The van der Waals surface area contributed by atoms with Gasteiger partial charge in [0, 0.05) is 5.92 Å². The maximum Gasteiger partial charge on any atom is 0.225 e. The quantitative estimate of drug-likeness (QED) is 0.435. The summed E-state index contributed by atoms with van der Waals surface area (Å²) in [7, 11) is 0. The molecular weight excluding hydrogens is 302 g/mol. The van der Waals surface area contributed by atoms with Crippen LogP contribution in [0.25, 0.3) is 0 Å². The molecule has 0 spiro atoms. The Kier molecular flexibility index (Phi) is 8.72. The van der Waals surface area contributed by atoms with E-state index in [4.69, 9.17) is 4.74 Å². The number of hydrogen-bond donors (Lipinski definition) is 2. The van der Waals surface area contributed by atoms with Gasteiger partial charge < -0.3 is 15.2 Å². The molecule has 0 radical (unpaired) electrons. The Hall–Kier alpha value is -1.65. The molecule has 1 amide bonds. The molecule has 1 aliphatic heterocycles. The molecular formula is C20H31NO3. The van der Waals surface area contributed by atoms with Crippen LogP contribution in [0.4, 0.5) is 0 Å². The number of hydrogen-bond acceptors (Lipinski definition) is 3. The number of allylic oxidation sites excluding steroid dienone is 1. The monoisotopic (exact) mass is 333 g/mol. The lowest BCUT2D eigenvalue weighted by Gasteiger charge is -2.23. The van der Waals surface area contributed by atoms with Crippen LogP contribution in [0, 0.1) is 5.92 Å². The first kappa shape index (κ1) is 20.4. The highest BCUT2D eigenvalue weighted by Gasteiger charge is 2.32. The van der Waals surface area contributed by atoms with Gasteiger partial charge in [-0.3, -0.25) is 4.79 Å². The van der Waals surface area contributed by atoms with Crippen molar-refractivity contribution in [3.8, 4) is 0 Å². The molecule has 24 heavy (non-hydrogen) atoms. The van der Waals surface area contributed by atoms with Crippen molar-refractivity contribution in [3.05, 3.63) is 48.6 Å². The number of nitrogens with one attached hydrogen (secondary N) is 1. The normalized spacial score (nSPS) is 17.2. The fourth-order valence-corrected chi connectivity index (χ4v) is 2.31. The summed E-state index contributed by atoms with van der Waals surface area (Å²) in [5.74, 6) is -0.284. The van der Waals surface area contributed by atoms with Crippen molar-refractivity contribution >= 4 is 5.91 Å². The van der Waals surface area contributed by atoms with Gasteiger partial charge in [-0.25, -0.2) is 0 Å². The molecule has 1 fully saturated rings. The van der Waals surface area contributed by atoms with Crippen LogP contribution < -0.4 is 5.32 Å². The Morgan fingerprint density at radius 3 is 2.50 bits per heavy atom. The van der Waals surface area contributed by atoms with Gasteiger partial charge in [0.05, 0.1) is 12.7 Å². The fourth-order valence-electron chi connectivity index (χ4n) is 2.31. The van der Waals surface area contributed by atoms with E-state index in [1.54, 1.807) is 13.8 Å². The molecule has 1 aliphatic rings. The van der Waals surface area contributed by atoms with Crippen LogP contribution in [0.1, 0.15) is 45.6 Å². The summed E-state index contributed by atoms with van der Waals surface area (Å²) in [6.07, 6.45) is 5.88. The SMILES string of the molecule is C=CCCC.CC(C)(O)NC(=O)[C@H](Cc1ccccc1)C[C@H]1CO1. The van der Waals surface area contributed by atoms with E-state index in [2.05, 4.69) is 18.8 Å². The zero-order valence-corrected chi connectivity index (χ0v) is 15.1. The number of unbranched alkanes of at least 4 members (excludes halogenated alkanes) is 1. The van der Waals surface area contributed by atoms with Crippen molar-refractivity contribution in [2.24, 2.45) is 5.92 Å². The molecule has 2 N–H and O–H groups in total. The summed E-state index contributed by atoms with van der Waals surface area (Å²) in [6, 6.07) is 9.91. The van der Waals surface area contributed by atoms with Crippen molar-refractivity contribution in [3.63, 3.8) is 0 Å². The molecule has 1 aromatic rings. The first-order valence-corrected chi connectivity index (χ1v) is 8.66. The molecule has 0 bridgehead atoms. The van der Waals surface area contributed by atoms with E-state index in [0.29, 0.717) is 12.8 Å². The predicted molar refractivity (Wildman–Crippen MR) is 97.5 cm³/mol. The fraction of sp³-hybridized carbons (Fsp3) is 0.550. The first-order valence-electron chi connectivity index (χ1n) is 8.66. The Balaban J connectivity index is 0.000000505. The van der Waals surface area contributed by atoms with Crippen LogP contribution in [0.3, 0.4) is 0 Å². The first-order chi connectivity index (χ1) is 11.4. The zero-order valence-electron chi connectivity index (χ0n) is 15.1. The van der Waals surface area contributed by atoms with E-state index >= 15 is 0 Å². The maximum absolute atomic E-state index is 12.2. The number of carbonyl (C=O) groups is 1. The number of rotatable bonds is 8. The van der Waals surface area contributed by atoms with E-state index < -0.39 is 5.72 Å². The van der Waals surface area contributed by atoms with E-state index in [1.807, 2.05) is 36.4 Å². The molecule has 2 rings (SSSR count). The minimum Gasteiger partial charge on any atom is -0.373 e. The van der Waals surface area contributed by atoms with Crippen LogP contribution >= 0.6 is 0 Å². The Labute approximate surface area is 145 Å². The lowest BCUT2D eigenvalue weighted by atomic mass is 9.93. The van der Waals surface area contributed by atoms with Crippen LogP contribution in [-0.4, -0.2) is 29.4 Å². The lowest BCUT2D eigenvalue weighted by molar-refractivity contribution is -0.131. The molecule has 4 nitrogen and oxygen atoms in total. The molecule has 1 heterocycles. The van der Waals surface area contributed by atoms with Crippen molar-refractivity contribution in [2.75, 3.05) is 6.61 Å². The highest BCUT2D eigenvalue weighted by molar-refractivity contribution is 5.79. The topological polar surface area (TPSA) is 61.9 Å². The summed E-state index contributed by atoms with van der Waals surface area (Å²) >= 11 is 0. The lowest BCUT2D eigenvalue weighted by Crippen LogP contribution is -2.46. The summed E-state index contributed by atoms with van der Waals surface area (Å²) in [5.41, 5.74) is -0.0600. The third kappa shape index (κ3) is 9.48. The van der Waals surface area contributed by atoms with E-state index in [-0.39, 0.29) is 17.9 Å². The van der Waals surface area contributed by atoms with E-state index in [0.717, 1.165) is 18.6 Å². The number of ether oxygens (including phenoxy) is 1. The molecule has 2 atom stereocenters. The predicted octanol–water partition coefficient (Wildman–Crippen LogP) is 3.45. The number of carbonyl (C=O) groups excluding carboxylic acids is 1. The largest absolute Gasteiger partial charge is 0.373 e. The molecule has 134 valence electrons. The minimum absolute atomic E-state index is 0.119. The van der Waals surface area contributed by atoms with Gasteiger partial charge in [0.15, 0.2) is 0 Å². The molecule has 0 unspecified atom stereocenters. The van der Waals surface area contributed by atoms with E-state index in [1.165, 1.54) is 6.42 Å². The van der Waals surface area contributed by atoms with E-state index in [9.17, 15) is 9.90 Å². The number of amides is 1. The standard InChI is InChI=1S/C15H21NO3.C5H10/c1-15(2,18)16-14(17)12(9-13-10-19-13)8-11-6-4-3-5-7-11;1-3-5-4-2/h3-7,12-13,18H,8-10H2,1-2H3,(H,16,17);3H,1,4-5H2,2H3/t12-,13+;/m1./s1. The average molecular weight is 333 g/mol. The Bertz CT molecular complexity index is 489. The van der Waals surface area contributed by atoms with Crippen molar-refractivity contribution in [1.29, 1.82) is 0 Å². The van der Waals surface area contributed by atoms with Gasteiger partial charge >= 0.3 is 0 Å². The maximum atomic E-state index is 12.2.